The topological polar surface area (TPSA) is 150 Å². The van der Waals surface area contributed by atoms with E-state index in [1.165, 1.54) is 0 Å². The number of aryl methyl sites for hydroxylation is 2. The summed E-state index contributed by atoms with van der Waals surface area (Å²) >= 11 is 0. The Bertz CT molecular complexity index is 1820. The molecule has 2 aromatic heterocycles. The molecular formula is C37H50N12O4. The first-order chi connectivity index (χ1) is 25.7. The van der Waals surface area contributed by atoms with E-state index in [1.807, 2.05) is 105 Å². The number of anilines is 4. The number of rotatable bonds is 19. The SMILES string of the molecule is CNCCOc1nc(N(C)C)cc(N(CN(C)c2cc(N/N=C/c3cccc(C)c3)nc(OCCN3CCOC3OC)n2)/N=C/c2cccc(C)c2)n1. The van der Waals surface area contributed by atoms with Gasteiger partial charge in [0.1, 0.15) is 31.5 Å². The van der Waals surface area contributed by atoms with E-state index >= 15 is 0 Å². The predicted molar refractivity (Wildman–Crippen MR) is 209 cm³/mol. The zero-order valence-electron chi connectivity index (χ0n) is 31.6. The van der Waals surface area contributed by atoms with Crippen LogP contribution >= 0.6 is 0 Å². The molecule has 1 atom stereocenters. The van der Waals surface area contributed by atoms with Gasteiger partial charge in [0.15, 0.2) is 11.6 Å². The highest BCUT2D eigenvalue weighted by molar-refractivity contribution is 5.81. The van der Waals surface area contributed by atoms with Crippen molar-refractivity contribution >= 4 is 35.7 Å². The van der Waals surface area contributed by atoms with E-state index in [1.54, 1.807) is 30.6 Å². The zero-order chi connectivity index (χ0) is 37.6. The fourth-order valence-electron chi connectivity index (χ4n) is 5.22. The van der Waals surface area contributed by atoms with Crippen LogP contribution in [0, 0.1) is 13.8 Å². The average Bonchev–Trinajstić information content (AvgIpc) is 3.61. The fourth-order valence-corrected chi connectivity index (χ4v) is 5.22. The molecule has 4 aromatic rings. The number of hydrazone groups is 2. The van der Waals surface area contributed by atoms with Crippen LogP contribution in [0.4, 0.5) is 23.3 Å². The molecule has 2 N–H and O–H groups in total. The van der Waals surface area contributed by atoms with Crippen LogP contribution < -0.4 is 35.0 Å². The van der Waals surface area contributed by atoms with Crippen LogP contribution in [0.25, 0.3) is 0 Å². The highest BCUT2D eigenvalue weighted by Crippen LogP contribution is 2.25. The van der Waals surface area contributed by atoms with Crippen molar-refractivity contribution in [2.24, 2.45) is 10.2 Å². The lowest BCUT2D eigenvalue weighted by Crippen LogP contribution is -2.35. The summed E-state index contributed by atoms with van der Waals surface area (Å²) in [5.74, 6) is 2.21. The quantitative estimate of drug-likeness (QED) is 0.0627. The fraction of sp³-hybridized carbons (Fsp3) is 0.405. The van der Waals surface area contributed by atoms with Crippen LogP contribution in [-0.4, -0.2) is 125 Å². The van der Waals surface area contributed by atoms with E-state index < -0.39 is 6.41 Å². The number of ether oxygens (including phenoxy) is 4. The van der Waals surface area contributed by atoms with Gasteiger partial charge in [0.25, 0.3) is 0 Å². The highest BCUT2D eigenvalue weighted by Gasteiger charge is 2.25. The number of nitrogens with zero attached hydrogens (tertiary/aromatic N) is 10. The van der Waals surface area contributed by atoms with Gasteiger partial charge in [-0.15, -0.1) is 0 Å². The van der Waals surface area contributed by atoms with Crippen LogP contribution in [0.2, 0.25) is 0 Å². The Morgan fingerprint density at radius 1 is 0.868 bits per heavy atom. The maximum atomic E-state index is 6.10. The molecular weight excluding hydrogens is 676 g/mol. The van der Waals surface area contributed by atoms with Crippen molar-refractivity contribution in [2.45, 2.75) is 20.3 Å². The highest BCUT2D eigenvalue weighted by atomic mass is 16.7. The van der Waals surface area contributed by atoms with Crippen LogP contribution in [0.5, 0.6) is 12.0 Å². The second kappa shape index (κ2) is 19.4. The summed E-state index contributed by atoms with van der Waals surface area (Å²) in [4.78, 5) is 24.6. The molecule has 1 aliphatic heterocycles. The summed E-state index contributed by atoms with van der Waals surface area (Å²) in [6.45, 7) is 7.60. The van der Waals surface area contributed by atoms with Gasteiger partial charge in [0.05, 0.1) is 19.0 Å². The van der Waals surface area contributed by atoms with Crippen molar-refractivity contribution in [1.82, 2.24) is 30.2 Å². The van der Waals surface area contributed by atoms with E-state index in [9.17, 15) is 0 Å². The van der Waals surface area contributed by atoms with Gasteiger partial charge < -0.3 is 34.1 Å². The summed E-state index contributed by atoms with van der Waals surface area (Å²) in [7, 11) is 9.23. The van der Waals surface area contributed by atoms with E-state index in [-0.39, 0.29) is 18.7 Å². The Balaban J connectivity index is 1.44. The number of hydrogen-bond donors (Lipinski definition) is 2. The number of likely N-dealkylation sites (N-methyl/N-ethyl adjacent to an activating group) is 1. The second-order valence-electron chi connectivity index (χ2n) is 12.6. The van der Waals surface area contributed by atoms with Crippen molar-refractivity contribution in [1.29, 1.82) is 0 Å². The molecule has 5 rings (SSSR count). The van der Waals surface area contributed by atoms with Gasteiger partial charge >= 0.3 is 12.0 Å². The summed E-state index contributed by atoms with van der Waals surface area (Å²) in [6.07, 6.45) is 3.14. The van der Waals surface area contributed by atoms with Crippen molar-refractivity contribution in [3.8, 4) is 12.0 Å². The lowest BCUT2D eigenvalue weighted by atomic mass is 10.2. The molecule has 0 aliphatic carbocycles. The van der Waals surface area contributed by atoms with Crippen LogP contribution in [0.3, 0.4) is 0 Å². The Morgan fingerprint density at radius 2 is 1.55 bits per heavy atom. The number of methoxy groups -OCH3 is 1. The van der Waals surface area contributed by atoms with Gasteiger partial charge in [-0.05, 0) is 32.0 Å². The molecule has 1 fully saturated rings. The predicted octanol–water partition coefficient (Wildman–Crippen LogP) is 3.57. The molecule has 0 radical (unpaired) electrons. The minimum Gasteiger partial charge on any atom is -0.462 e. The zero-order valence-corrected chi connectivity index (χ0v) is 31.6. The maximum absolute atomic E-state index is 6.10. The summed E-state index contributed by atoms with van der Waals surface area (Å²) < 4.78 is 23.0. The third-order valence-corrected chi connectivity index (χ3v) is 7.99. The average molecular weight is 727 g/mol. The number of aromatic nitrogens is 4. The monoisotopic (exact) mass is 726 g/mol. The molecule has 1 unspecified atom stereocenters. The van der Waals surface area contributed by atoms with Gasteiger partial charge in [-0.1, -0.05) is 59.7 Å². The van der Waals surface area contributed by atoms with E-state index in [2.05, 4.69) is 31.9 Å². The van der Waals surface area contributed by atoms with Gasteiger partial charge in [-0.2, -0.15) is 30.1 Å². The van der Waals surface area contributed by atoms with Crippen LogP contribution in [-0.2, 0) is 9.47 Å². The van der Waals surface area contributed by atoms with Crippen molar-refractivity contribution in [2.75, 3.05) is 102 Å². The smallest absolute Gasteiger partial charge is 0.320 e. The largest absolute Gasteiger partial charge is 0.462 e. The van der Waals surface area contributed by atoms with Gasteiger partial charge in [0.2, 0.25) is 6.41 Å². The first kappa shape index (κ1) is 38.8. The third-order valence-electron chi connectivity index (χ3n) is 7.99. The molecule has 1 aliphatic rings. The molecule has 16 heteroatoms. The lowest BCUT2D eigenvalue weighted by molar-refractivity contribution is -0.158. The molecule has 2 aromatic carbocycles. The summed E-state index contributed by atoms with van der Waals surface area (Å²) in [5.41, 5.74) is 7.23. The van der Waals surface area contributed by atoms with Gasteiger partial charge in [-0.25, -0.2) is 9.91 Å². The summed E-state index contributed by atoms with van der Waals surface area (Å²) in [6, 6.07) is 20.3. The molecule has 0 bridgehead atoms. The minimum absolute atomic E-state index is 0.184. The Morgan fingerprint density at radius 3 is 2.25 bits per heavy atom. The van der Waals surface area contributed by atoms with Crippen LogP contribution in [0.1, 0.15) is 22.3 Å². The Labute approximate surface area is 311 Å². The van der Waals surface area contributed by atoms with E-state index in [4.69, 9.17) is 34.0 Å². The number of nitrogens with one attached hydrogen (secondary N) is 2. The number of hydrogen-bond acceptors (Lipinski definition) is 16. The molecule has 53 heavy (non-hydrogen) atoms. The first-order valence-corrected chi connectivity index (χ1v) is 17.4. The molecule has 0 spiro atoms. The second-order valence-corrected chi connectivity index (χ2v) is 12.6. The molecule has 282 valence electrons. The molecule has 0 amide bonds. The minimum atomic E-state index is -0.402. The maximum Gasteiger partial charge on any atom is 0.320 e. The number of benzene rings is 2. The van der Waals surface area contributed by atoms with Crippen molar-refractivity contribution < 1.29 is 18.9 Å². The van der Waals surface area contributed by atoms with Crippen molar-refractivity contribution in [3.05, 3.63) is 82.9 Å². The first-order valence-electron chi connectivity index (χ1n) is 17.4. The molecule has 0 saturated carbocycles. The molecule has 1 saturated heterocycles. The standard InChI is InChI=1S/C37H50N12O4/c1-27-10-8-12-29(20-27)24-39-45-31-22-33(43-35(41-31)52-18-15-48-16-19-53-37(48)50-7)47(6)26-49(40-25-30-13-9-11-28(2)21-30)34-23-32(46(4)5)42-36(44-34)51-17-14-38-3/h8-13,20-25,37-38H,14-19,26H2,1-7H3,(H,41,43,45)/b39-24+,40-25+. The third kappa shape index (κ3) is 11.8. The molecule has 16 nitrogen and oxygen atoms in total. The Kier molecular flexibility index (Phi) is 14.2. The van der Waals surface area contributed by atoms with E-state index in [0.29, 0.717) is 56.2 Å². The molecule has 3 heterocycles. The summed E-state index contributed by atoms with van der Waals surface area (Å²) in [5, 5.41) is 14.2. The van der Waals surface area contributed by atoms with Crippen molar-refractivity contribution in [3.63, 3.8) is 0 Å². The van der Waals surface area contributed by atoms with Gasteiger partial charge in [0, 0.05) is 60.0 Å². The van der Waals surface area contributed by atoms with Crippen LogP contribution in [0.15, 0.2) is 70.9 Å². The normalized spacial score (nSPS) is 14.6. The van der Waals surface area contributed by atoms with Gasteiger partial charge in [-0.3, -0.25) is 5.43 Å². The van der Waals surface area contributed by atoms with E-state index in [0.717, 1.165) is 28.8 Å². The lowest BCUT2D eigenvalue weighted by Gasteiger charge is -2.27. The Hall–Kier alpha value is -5.42.